The first-order valence-corrected chi connectivity index (χ1v) is 7.16. The van der Waals surface area contributed by atoms with Gasteiger partial charge in [-0.25, -0.2) is 0 Å². The minimum absolute atomic E-state index is 0.275. The van der Waals surface area contributed by atoms with Gasteiger partial charge in [-0.2, -0.15) is 5.10 Å². The maximum Gasteiger partial charge on any atom is 0.0789 e. The molecule has 0 saturated carbocycles. The molecule has 18 heavy (non-hydrogen) atoms. The molecule has 3 atom stereocenters. The fourth-order valence-electron chi connectivity index (χ4n) is 2.68. The van der Waals surface area contributed by atoms with E-state index in [0.717, 1.165) is 32.4 Å². The number of nitrogens with zero attached hydrogens (tertiary/aromatic N) is 2. The minimum atomic E-state index is 0.275. The van der Waals surface area contributed by atoms with E-state index in [4.69, 9.17) is 4.74 Å². The van der Waals surface area contributed by atoms with Crippen LogP contribution in [-0.4, -0.2) is 28.5 Å². The molecule has 1 aromatic rings. The maximum atomic E-state index is 6.04. The van der Waals surface area contributed by atoms with Gasteiger partial charge in [0.2, 0.25) is 0 Å². The molecule has 0 aromatic carbocycles. The number of nitrogens with one attached hydrogen (secondary N) is 1. The van der Waals surface area contributed by atoms with E-state index in [-0.39, 0.29) is 12.1 Å². The summed E-state index contributed by atoms with van der Waals surface area (Å²) in [5.41, 5.74) is 1.25. The van der Waals surface area contributed by atoms with Crippen LogP contribution in [0.2, 0.25) is 0 Å². The fraction of sp³-hybridized carbons (Fsp3) is 0.786. The van der Waals surface area contributed by atoms with Crippen molar-refractivity contribution in [2.75, 3.05) is 6.54 Å². The molecule has 2 heterocycles. The molecule has 0 bridgehead atoms. The Morgan fingerprint density at radius 2 is 2.33 bits per heavy atom. The lowest BCUT2D eigenvalue weighted by molar-refractivity contribution is 0.0297. The molecule has 0 spiro atoms. The van der Waals surface area contributed by atoms with Gasteiger partial charge in [0, 0.05) is 12.7 Å². The van der Waals surface area contributed by atoms with Crippen LogP contribution in [0.5, 0.6) is 0 Å². The number of aryl methyl sites for hydroxylation is 1. The van der Waals surface area contributed by atoms with Crippen molar-refractivity contribution in [1.82, 2.24) is 15.1 Å². The molecule has 1 aromatic heterocycles. The normalized spacial score (nSPS) is 25.5. The van der Waals surface area contributed by atoms with Crippen LogP contribution in [-0.2, 0) is 11.3 Å². The summed E-state index contributed by atoms with van der Waals surface area (Å²) in [6, 6.07) is 2.39. The van der Waals surface area contributed by atoms with Crippen LogP contribution in [0.25, 0.3) is 0 Å². The standard InChI is InChI=1S/C14H25N3O/c1-4-9-15-14(13-7-6-11(3)18-13)12-8-10-16-17(12)5-2/h8,10-11,13-15H,4-7,9H2,1-3H3. The zero-order chi connectivity index (χ0) is 13.0. The number of hydrogen-bond acceptors (Lipinski definition) is 3. The SMILES string of the molecule is CCCNC(c1ccnn1CC)C1CCC(C)O1. The molecule has 1 aliphatic heterocycles. The summed E-state index contributed by atoms with van der Waals surface area (Å²) >= 11 is 0. The van der Waals surface area contributed by atoms with Gasteiger partial charge in [-0.15, -0.1) is 0 Å². The molecule has 0 amide bonds. The highest BCUT2D eigenvalue weighted by atomic mass is 16.5. The minimum Gasteiger partial charge on any atom is -0.373 e. The smallest absolute Gasteiger partial charge is 0.0789 e. The van der Waals surface area contributed by atoms with E-state index in [9.17, 15) is 0 Å². The third-order valence-corrected chi connectivity index (χ3v) is 3.62. The third-order valence-electron chi connectivity index (χ3n) is 3.62. The zero-order valence-electron chi connectivity index (χ0n) is 11.7. The second-order valence-corrected chi connectivity index (χ2v) is 5.07. The lowest BCUT2D eigenvalue weighted by Crippen LogP contribution is -2.34. The Bertz CT molecular complexity index is 364. The van der Waals surface area contributed by atoms with Crippen molar-refractivity contribution in [3.8, 4) is 0 Å². The molecule has 4 nitrogen and oxygen atoms in total. The summed E-state index contributed by atoms with van der Waals surface area (Å²) in [4.78, 5) is 0. The van der Waals surface area contributed by atoms with Crippen LogP contribution in [0.3, 0.4) is 0 Å². The summed E-state index contributed by atoms with van der Waals surface area (Å²) in [6.45, 7) is 8.42. The van der Waals surface area contributed by atoms with Gasteiger partial charge < -0.3 is 10.1 Å². The van der Waals surface area contributed by atoms with E-state index in [1.165, 1.54) is 5.69 Å². The van der Waals surface area contributed by atoms with Gasteiger partial charge in [-0.1, -0.05) is 6.92 Å². The molecule has 1 fully saturated rings. The van der Waals surface area contributed by atoms with Crippen molar-refractivity contribution in [3.05, 3.63) is 18.0 Å². The van der Waals surface area contributed by atoms with Crippen molar-refractivity contribution in [3.63, 3.8) is 0 Å². The Labute approximate surface area is 110 Å². The highest BCUT2D eigenvalue weighted by molar-refractivity contribution is 5.10. The highest BCUT2D eigenvalue weighted by Crippen LogP contribution is 2.30. The van der Waals surface area contributed by atoms with Gasteiger partial charge in [-0.3, -0.25) is 4.68 Å². The van der Waals surface area contributed by atoms with Crippen LogP contribution >= 0.6 is 0 Å². The first-order valence-electron chi connectivity index (χ1n) is 7.16. The second kappa shape index (κ2) is 6.34. The maximum absolute atomic E-state index is 6.04. The van der Waals surface area contributed by atoms with E-state index in [0.29, 0.717) is 6.10 Å². The lowest BCUT2D eigenvalue weighted by atomic mass is 10.0. The van der Waals surface area contributed by atoms with E-state index in [1.54, 1.807) is 0 Å². The number of aromatic nitrogens is 2. The van der Waals surface area contributed by atoms with E-state index in [1.807, 2.05) is 6.20 Å². The van der Waals surface area contributed by atoms with Crippen molar-refractivity contribution < 1.29 is 4.74 Å². The second-order valence-electron chi connectivity index (χ2n) is 5.07. The molecule has 1 aliphatic rings. The quantitative estimate of drug-likeness (QED) is 0.844. The summed E-state index contributed by atoms with van der Waals surface area (Å²) in [7, 11) is 0. The molecular formula is C14H25N3O. The van der Waals surface area contributed by atoms with Gasteiger partial charge in [0.25, 0.3) is 0 Å². The monoisotopic (exact) mass is 251 g/mol. The van der Waals surface area contributed by atoms with E-state index < -0.39 is 0 Å². The first-order chi connectivity index (χ1) is 8.76. The summed E-state index contributed by atoms with van der Waals surface area (Å²) in [6.07, 6.45) is 6.00. The lowest BCUT2D eigenvalue weighted by Gasteiger charge is -2.25. The molecule has 102 valence electrons. The molecule has 0 aliphatic carbocycles. The van der Waals surface area contributed by atoms with Gasteiger partial charge in [-0.05, 0) is 45.7 Å². The largest absolute Gasteiger partial charge is 0.373 e. The molecule has 1 N–H and O–H groups in total. The van der Waals surface area contributed by atoms with Crippen LogP contribution < -0.4 is 5.32 Å². The fourth-order valence-corrected chi connectivity index (χ4v) is 2.68. The van der Waals surface area contributed by atoms with Crippen molar-refractivity contribution >= 4 is 0 Å². The van der Waals surface area contributed by atoms with E-state index >= 15 is 0 Å². The molecule has 4 heteroatoms. The third kappa shape index (κ3) is 2.93. The average Bonchev–Trinajstić information content (AvgIpc) is 2.99. The van der Waals surface area contributed by atoms with Gasteiger partial charge in [0.1, 0.15) is 0 Å². The van der Waals surface area contributed by atoms with Gasteiger partial charge in [0.05, 0.1) is 23.9 Å². The predicted octanol–water partition coefficient (Wildman–Crippen LogP) is 2.51. The van der Waals surface area contributed by atoms with Crippen LogP contribution in [0.1, 0.15) is 51.8 Å². The predicted molar refractivity (Wildman–Crippen MR) is 72.5 cm³/mol. The Kier molecular flexibility index (Phi) is 4.78. The highest BCUT2D eigenvalue weighted by Gasteiger charge is 2.31. The molecule has 0 radical (unpaired) electrons. The first kappa shape index (κ1) is 13.6. The van der Waals surface area contributed by atoms with Crippen molar-refractivity contribution in [2.24, 2.45) is 0 Å². The summed E-state index contributed by atoms with van der Waals surface area (Å²) < 4.78 is 8.11. The van der Waals surface area contributed by atoms with Crippen molar-refractivity contribution in [2.45, 2.75) is 64.8 Å². The number of ether oxygens (including phenoxy) is 1. The summed E-state index contributed by atoms with van der Waals surface area (Å²) in [5.74, 6) is 0. The Morgan fingerprint density at radius 3 is 2.94 bits per heavy atom. The van der Waals surface area contributed by atoms with Gasteiger partial charge >= 0.3 is 0 Å². The Balaban J connectivity index is 2.14. The Hall–Kier alpha value is -0.870. The van der Waals surface area contributed by atoms with Gasteiger partial charge in [0.15, 0.2) is 0 Å². The van der Waals surface area contributed by atoms with Crippen LogP contribution in [0, 0.1) is 0 Å². The Morgan fingerprint density at radius 1 is 1.50 bits per heavy atom. The van der Waals surface area contributed by atoms with E-state index in [2.05, 4.69) is 41.9 Å². The molecule has 2 rings (SSSR count). The molecule has 3 unspecified atom stereocenters. The zero-order valence-corrected chi connectivity index (χ0v) is 11.7. The summed E-state index contributed by atoms with van der Waals surface area (Å²) in [5, 5.41) is 8.00. The number of rotatable bonds is 6. The topological polar surface area (TPSA) is 39.1 Å². The van der Waals surface area contributed by atoms with Crippen LogP contribution in [0.4, 0.5) is 0 Å². The molecular weight excluding hydrogens is 226 g/mol. The van der Waals surface area contributed by atoms with Crippen molar-refractivity contribution in [1.29, 1.82) is 0 Å². The molecule has 1 saturated heterocycles. The average molecular weight is 251 g/mol. The number of hydrogen-bond donors (Lipinski definition) is 1. The van der Waals surface area contributed by atoms with Crippen LogP contribution in [0.15, 0.2) is 12.3 Å².